The van der Waals surface area contributed by atoms with Crippen molar-refractivity contribution in [2.24, 2.45) is 7.05 Å². The van der Waals surface area contributed by atoms with Crippen molar-refractivity contribution >= 4 is 15.9 Å². The lowest BCUT2D eigenvalue weighted by Crippen LogP contribution is -2.46. The molecule has 1 aromatic heterocycles. The molecule has 3 rings (SSSR count). The maximum absolute atomic E-state index is 5.50. The molecule has 0 aromatic carbocycles. The quantitative estimate of drug-likeness (QED) is 0.874. The molecule has 0 amide bonds. The molecule has 1 saturated carbocycles. The molecule has 1 N–H and O–H groups in total. The van der Waals surface area contributed by atoms with Gasteiger partial charge in [0.25, 0.3) is 0 Å². The van der Waals surface area contributed by atoms with Crippen LogP contribution in [0.1, 0.15) is 31.4 Å². The lowest BCUT2D eigenvalue weighted by molar-refractivity contribution is 0.0979. The monoisotopic (exact) mass is 356 g/mol. The molecule has 0 radical (unpaired) electrons. The number of aryl methyl sites for hydroxylation is 1. The number of ether oxygens (including phenoxy) is 1. The van der Waals surface area contributed by atoms with Gasteiger partial charge in [-0.3, -0.25) is 9.58 Å². The predicted octanol–water partition coefficient (Wildman–Crippen LogP) is 1.91. The Bertz CT molecular complexity index is 478. The molecule has 1 saturated heterocycles. The van der Waals surface area contributed by atoms with Crippen molar-refractivity contribution in [2.45, 2.75) is 50.4 Å². The maximum atomic E-state index is 5.50. The molecule has 1 aliphatic carbocycles. The molecular weight excluding hydrogens is 332 g/mol. The Morgan fingerprint density at radius 2 is 2.29 bits per heavy atom. The second-order valence-electron chi connectivity index (χ2n) is 6.22. The zero-order valence-corrected chi connectivity index (χ0v) is 14.5. The zero-order chi connectivity index (χ0) is 14.8. The summed E-state index contributed by atoms with van der Waals surface area (Å²) in [7, 11) is 3.79. The van der Waals surface area contributed by atoms with Crippen LogP contribution in [-0.2, 0) is 18.3 Å². The van der Waals surface area contributed by atoms with Gasteiger partial charge in [0.15, 0.2) is 0 Å². The van der Waals surface area contributed by atoms with Gasteiger partial charge in [-0.15, -0.1) is 0 Å². The van der Waals surface area contributed by atoms with Gasteiger partial charge in [0.1, 0.15) is 0 Å². The van der Waals surface area contributed by atoms with E-state index >= 15 is 0 Å². The lowest BCUT2D eigenvalue weighted by atomic mass is 10.1. The zero-order valence-electron chi connectivity index (χ0n) is 12.9. The van der Waals surface area contributed by atoms with Crippen LogP contribution in [0, 0.1) is 0 Å². The van der Waals surface area contributed by atoms with Crippen molar-refractivity contribution in [3.63, 3.8) is 0 Å². The van der Waals surface area contributed by atoms with Gasteiger partial charge < -0.3 is 10.1 Å². The summed E-state index contributed by atoms with van der Waals surface area (Å²) < 4.78 is 8.45. The van der Waals surface area contributed by atoms with Crippen LogP contribution in [0.4, 0.5) is 0 Å². The van der Waals surface area contributed by atoms with E-state index in [1.54, 1.807) is 0 Å². The summed E-state index contributed by atoms with van der Waals surface area (Å²) in [4.78, 5) is 2.62. The fourth-order valence-electron chi connectivity index (χ4n) is 3.72. The van der Waals surface area contributed by atoms with Crippen LogP contribution in [-0.4, -0.2) is 53.1 Å². The number of hydrogen-bond donors (Lipinski definition) is 1. The van der Waals surface area contributed by atoms with Crippen molar-refractivity contribution in [3.8, 4) is 0 Å². The fourth-order valence-corrected chi connectivity index (χ4v) is 4.23. The van der Waals surface area contributed by atoms with E-state index in [2.05, 4.69) is 31.2 Å². The minimum absolute atomic E-state index is 0.427. The van der Waals surface area contributed by atoms with Crippen molar-refractivity contribution in [3.05, 3.63) is 16.4 Å². The van der Waals surface area contributed by atoms with Gasteiger partial charge in [0.05, 0.1) is 16.3 Å². The van der Waals surface area contributed by atoms with Crippen LogP contribution in [0.5, 0.6) is 0 Å². The van der Waals surface area contributed by atoms with Crippen LogP contribution >= 0.6 is 15.9 Å². The molecule has 3 atom stereocenters. The first-order valence-electron chi connectivity index (χ1n) is 7.85. The van der Waals surface area contributed by atoms with Crippen molar-refractivity contribution in [1.29, 1.82) is 0 Å². The topological polar surface area (TPSA) is 42.3 Å². The maximum Gasteiger partial charge on any atom is 0.0904 e. The molecule has 1 aromatic rings. The van der Waals surface area contributed by atoms with Crippen LogP contribution in [0.15, 0.2) is 10.7 Å². The van der Waals surface area contributed by atoms with Gasteiger partial charge in [0.2, 0.25) is 0 Å². The predicted molar refractivity (Wildman–Crippen MR) is 86.2 cm³/mol. The summed E-state index contributed by atoms with van der Waals surface area (Å²) in [6.45, 7) is 3.10. The number of nitrogens with zero attached hydrogens (tertiary/aromatic N) is 3. The standard InChI is InChI=1S/C15H25BrN4O/c1-19-10-12(16)14(18-19)8-17-13-4-3-5-15(13)20-7-6-11(9-20)21-2/h10-11,13,15,17H,3-9H2,1-2H3/t11?,13-,15+/m1/s1. The van der Waals surface area contributed by atoms with Gasteiger partial charge in [-0.05, 0) is 35.2 Å². The Morgan fingerprint density at radius 3 is 2.95 bits per heavy atom. The van der Waals surface area contributed by atoms with E-state index in [1.807, 2.05) is 25.0 Å². The lowest BCUT2D eigenvalue weighted by Gasteiger charge is -2.30. The summed E-state index contributed by atoms with van der Waals surface area (Å²) in [6.07, 6.45) is 7.50. The fraction of sp³-hybridized carbons (Fsp3) is 0.800. The highest BCUT2D eigenvalue weighted by atomic mass is 79.9. The highest BCUT2D eigenvalue weighted by Crippen LogP contribution is 2.28. The molecule has 1 unspecified atom stereocenters. The molecule has 6 heteroatoms. The van der Waals surface area contributed by atoms with Gasteiger partial charge in [0, 0.05) is 52.1 Å². The van der Waals surface area contributed by atoms with E-state index in [4.69, 9.17) is 4.74 Å². The van der Waals surface area contributed by atoms with E-state index in [-0.39, 0.29) is 0 Å². The van der Waals surface area contributed by atoms with E-state index in [9.17, 15) is 0 Å². The minimum Gasteiger partial charge on any atom is -0.380 e. The van der Waals surface area contributed by atoms with Gasteiger partial charge in [-0.25, -0.2) is 0 Å². The van der Waals surface area contributed by atoms with Crippen LogP contribution in [0.25, 0.3) is 0 Å². The van der Waals surface area contributed by atoms with E-state index in [0.717, 1.165) is 23.3 Å². The number of hydrogen-bond acceptors (Lipinski definition) is 4. The summed E-state index contributed by atoms with van der Waals surface area (Å²) in [5.41, 5.74) is 1.10. The minimum atomic E-state index is 0.427. The van der Waals surface area contributed by atoms with Crippen LogP contribution in [0.2, 0.25) is 0 Å². The van der Waals surface area contributed by atoms with Gasteiger partial charge >= 0.3 is 0 Å². The Hall–Kier alpha value is -0.430. The average Bonchev–Trinajstić information content (AvgIpc) is 3.15. The average molecular weight is 357 g/mol. The molecule has 2 aliphatic rings. The van der Waals surface area contributed by atoms with Crippen LogP contribution < -0.4 is 5.32 Å². The molecule has 21 heavy (non-hydrogen) atoms. The Morgan fingerprint density at radius 1 is 1.43 bits per heavy atom. The first kappa shape index (κ1) is 15.5. The van der Waals surface area contributed by atoms with Gasteiger partial charge in [-0.2, -0.15) is 5.10 Å². The van der Waals surface area contributed by atoms with E-state index in [0.29, 0.717) is 18.2 Å². The van der Waals surface area contributed by atoms with Crippen molar-refractivity contribution < 1.29 is 4.74 Å². The second kappa shape index (κ2) is 6.77. The highest BCUT2D eigenvalue weighted by molar-refractivity contribution is 9.10. The number of rotatable bonds is 5. The summed E-state index contributed by atoms with van der Waals surface area (Å²) >= 11 is 3.58. The number of aromatic nitrogens is 2. The van der Waals surface area contributed by atoms with Crippen molar-refractivity contribution in [2.75, 3.05) is 20.2 Å². The summed E-state index contributed by atoms with van der Waals surface area (Å²) in [5.74, 6) is 0. The first-order valence-corrected chi connectivity index (χ1v) is 8.65. The molecule has 0 bridgehead atoms. The molecular formula is C15H25BrN4O. The molecule has 2 heterocycles. The number of halogens is 1. The highest BCUT2D eigenvalue weighted by Gasteiger charge is 2.35. The number of nitrogens with one attached hydrogen (secondary N) is 1. The third-order valence-corrected chi connectivity index (χ3v) is 5.51. The van der Waals surface area contributed by atoms with Gasteiger partial charge in [-0.1, -0.05) is 6.42 Å². The van der Waals surface area contributed by atoms with E-state index < -0.39 is 0 Å². The largest absolute Gasteiger partial charge is 0.380 e. The number of methoxy groups -OCH3 is 1. The van der Waals surface area contributed by atoms with Crippen LogP contribution in [0.3, 0.4) is 0 Å². The normalized spacial score (nSPS) is 30.3. The van der Waals surface area contributed by atoms with Crippen molar-refractivity contribution in [1.82, 2.24) is 20.0 Å². The number of likely N-dealkylation sites (tertiary alicyclic amines) is 1. The molecule has 118 valence electrons. The second-order valence-corrected chi connectivity index (χ2v) is 7.08. The Balaban J connectivity index is 1.56. The Labute approximate surface area is 135 Å². The first-order chi connectivity index (χ1) is 10.2. The molecule has 2 fully saturated rings. The summed E-state index contributed by atoms with van der Waals surface area (Å²) in [5, 5.41) is 8.22. The smallest absolute Gasteiger partial charge is 0.0904 e. The molecule has 1 aliphatic heterocycles. The third-order valence-electron chi connectivity index (χ3n) is 4.84. The molecule has 5 nitrogen and oxygen atoms in total. The molecule has 0 spiro atoms. The Kier molecular flexibility index (Phi) is 4.99. The third kappa shape index (κ3) is 3.50. The van der Waals surface area contributed by atoms with E-state index in [1.165, 1.54) is 32.2 Å². The summed E-state index contributed by atoms with van der Waals surface area (Å²) in [6, 6.07) is 1.24. The SMILES string of the molecule is COC1CCN([C@H]2CCC[C@H]2NCc2nn(C)cc2Br)C1.